The molecule has 5 unspecified atom stereocenters. The number of alkyl carbamates (subject to hydrolysis) is 1. The molecule has 1 saturated heterocycles. The number of rotatable bonds is 4. The van der Waals surface area contributed by atoms with E-state index in [1.165, 1.54) is 12.8 Å². The second kappa shape index (κ2) is 8.81. The third kappa shape index (κ3) is 3.39. The Morgan fingerprint density at radius 1 is 1.08 bits per heavy atom. The monoisotopic (exact) mass is 546 g/mol. The van der Waals surface area contributed by atoms with Gasteiger partial charge in [-0.3, -0.25) is 0 Å². The Hall–Kier alpha value is -0.890. The van der Waals surface area contributed by atoms with E-state index in [1.807, 2.05) is 6.92 Å². The molecule has 6 aliphatic rings. The largest absolute Gasteiger partial charge is 0.443 e. The second-order valence-electron chi connectivity index (χ2n) is 15.9. The third-order valence-corrected chi connectivity index (χ3v) is 13.9. The highest BCUT2D eigenvalue weighted by Gasteiger charge is 2.85. The molecule has 0 aromatic rings. The van der Waals surface area contributed by atoms with Crippen molar-refractivity contribution in [2.24, 2.45) is 57.0 Å². The SMILES string of the molecule is CCNC(=O)O[C@H](C(C)C)C1C[C@@H](C)[C@H]2C(O1)[C@H](O)[C@@]1(N)C3CCC4C(C)(C)[C@@H](O)CC[C@@]45CC35CC[C@]21C. The van der Waals surface area contributed by atoms with Gasteiger partial charge in [-0.05, 0) is 110 Å². The van der Waals surface area contributed by atoms with Gasteiger partial charge in [-0.2, -0.15) is 0 Å². The van der Waals surface area contributed by atoms with Gasteiger partial charge < -0.3 is 30.7 Å². The molecule has 13 atom stereocenters. The fraction of sp³-hybridized carbons (Fsp3) is 0.969. The van der Waals surface area contributed by atoms with Crippen LogP contribution in [0.25, 0.3) is 0 Å². The van der Waals surface area contributed by atoms with Gasteiger partial charge in [0.25, 0.3) is 0 Å². The van der Waals surface area contributed by atoms with E-state index in [-0.39, 0.29) is 63.8 Å². The lowest BCUT2D eigenvalue weighted by Gasteiger charge is -2.63. The molecule has 5 aliphatic carbocycles. The lowest BCUT2D eigenvalue weighted by atomic mass is 9.43. The summed E-state index contributed by atoms with van der Waals surface area (Å²) in [5.74, 6) is 1.38. The number of carbonyl (C=O) groups is 1. The zero-order chi connectivity index (χ0) is 28.3. The van der Waals surface area contributed by atoms with Gasteiger partial charge in [0.05, 0.1) is 30.0 Å². The minimum atomic E-state index is -0.742. The normalized spacial score (nSPS) is 53.9. The average Bonchev–Trinajstić information content (AvgIpc) is 3.50. The van der Waals surface area contributed by atoms with Crippen LogP contribution in [0.4, 0.5) is 4.79 Å². The van der Waals surface area contributed by atoms with E-state index in [0.717, 1.165) is 38.5 Å². The fourth-order valence-corrected chi connectivity index (χ4v) is 12.1. The maximum Gasteiger partial charge on any atom is 0.407 e. The first-order valence-corrected chi connectivity index (χ1v) is 16.0. The van der Waals surface area contributed by atoms with Crippen LogP contribution in [0.3, 0.4) is 0 Å². The van der Waals surface area contributed by atoms with E-state index in [4.69, 9.17) is 15.2 Å². The molecule has 0 bridgehead atoms. The van der Waals surface area contributed by atoms with Gasteiger partial charge in [-0.1, -0.05) is 41.5 Å². The number of amides is 1. The van der Waals surface area contributed by atoms with Gasteiger partial charge in [0.2, 0.25) is 0 Å². The van der Waals surface area contributed by atoms with Gasteiger partial charge in [0.1, 0.15) is 6.10 Å². The van der Waals surface area contributed by atoms with Crippen molar-refractivity contribution in [3.63, 3.8) is 0 Å². The number of fused-ring (bicyclic) bond motifs is 4. The molecule has 1 aliphatic heterocycles. The van der Waals surface area contributed by atoms with E-state index in [1.54, 1.807) is 0 Å². The molecule has 6 rings (SSSR count). The number of ether oxygens (including phenoxy) is 2. The molecule has 7 heteroatoms. The Kier molecular flexibility index (Phi) is 6.38. The van der Waals surface area contributed by atoms with Crippen molar-refractivity contribution in [2.75, 3.05) is 6.54 Å². The standard InChI is InChI=1S/C32H54N2O5/c1-8-34-27(37)39-24(17(2)3)19-15-18(4)23-25(38-19)26(36)32(33)21-10-9-20-28(5,6)22(35)11-12-30(20)16-31(21,30)14-13-29(23,32)7/h17-26,35-36H,8-16,33H2,1-7H3,(H,34,37)/t18-,19?,20?,21?,22+,23+,24-,25?,26+,29-,30-,31?,32+/m1/s1. The molecule has 1 heterocycles. The molecular weight excluding hydrogens is 492 g/mol. The van der Waals surface area contributed by atoms with Crippen molar-refractivity contribution in [2.45, 2.75) is 136 Å². The maximum atomic E-state index is 12.4. The number of nitrogens with one attached hydrogen (secondary N) is 1. The van der Waals surface area contributed by atoms with Crippen LogP contribution in [0.15, 0.2) is 0 Å². The van der Waals surface area contributed by atoms with Gasteiger partial charge >= 0.3 is 6.09 Å². The highest BCUT2D eigenvalue weighted by atomic mass is 16.6. The molecule has 6 fully saturated rings. The first kappa shape index (κ1) is 28.2. The Balaban J connectivity index is 1.31. The summed E-state index contributed by atoms with van der Waals surface area (Å²) in [6, 6.07) is 0. The smallest absolute Gasteiger partial charge is 0.407 e. The van der Waals surface area contributed by atoms with Crippen molar-refractivity contribution >= 4 is 6.09 Å². The van der Waals surface area contributed by atoms with Crippen molar-refractivity contribution in [3.8, 4) is 0 Å². The predicted molar refractivity (Wildman–Crippen MR) is 150 cm³/mol. The summed E-state index contributed by atoms with van der Waals surface area (Å²) in [5.41, 5.74) is 7.14. The van der Waals surface area contributed by atoms with E-state index in [2.05, 4.69) is 46.9 Å². The zero-order valence-electron chi connectivity index (χ0n) is 25.3. The Bertz CT molecular complexity index is 1000. The van der Waals surface area contributed by atoms with Gasteiger partial charge in [0, 0.05) is 6.54 Å². The summed E-state index contributed by atoms with van der Waals surface area (Å²) in [7, 11) is 0. The molecule has 222 valence electrons. The second-order valence-corrected chi connectivity index (χ2v) is 15.9. The summed E-state index contributed by atoms with van der Waals surface area (Å²) in [5, 5.41) is 26.0. The van der Waals surface area contributed by atoms with Crippen molar-refractivity contribution in [3.05, 3.63) is 0 Å². The van der Waals surface area contributed by atoms with Crippen LogP contribution in [0.2, 0.25) is 0 Å². The van der Waals surface area contributed by atoms with Crippen LogP contribution in [0, 0.1) is 51.2 Å². The number of hydrogen-bond acceptors (Lipinski definition) is 6. The van der Waals surface area contributed by atoms with Crippen LogP contribution in [0.1, 0.15) is 99.8 Å². The number of hydrogen-bond donors (Lipinski definition) is 4. The first-order chi connectivity index (χ1) is 18.2. The van der Waals surface area contributed by atoms with Crippen molar-refractivity contribution < 1.29 is 24.5 Å². The minimum absolute atomic E-state index is 0.0711. The maximum absolute atomic E-state index is 12.4. The Morgan fingerprint density at radius 3 is 2.41 bits per heavy atom. The molecule has 1 amide bonds. The zero-order valence-corrected chi connectivity index (χ0v) is 25.3. The van der Waals surface area contributed by atoms with Crippen LogP contribution in [0.5, 0.6) is 0 Å². The molecule has 5 saturated carbocycles. The third-order valence-electron chi connectivity index (χ3n) is 13.9. The molecule has 2 spiro atoms. The van der Waals surface area contributed by atoms with E-state index < -0.39 is 17.7 Å². The fourth-order valence-electron chi connectivity index (χ4n) is 12.1. The Labute approximate surface area is 235 Å². The molecule has 5 N–H and O–H groups in total. The van der Waals surface area contributed by atoms with Crippen LogP contribution in [-0.4, -0.2) is 58.9 Å². The van der Waals surface area contributed by atoms with E-state index in [0.29, 0.717) is 18.4 Å². The highest BCUT2D eigenvalue weighted by molar-refractivity contribution is 5.67. The average molecular weight is 547 g/mol. The molecule has 7 nitrogen and oxygen atoms in total. The molecule has 0 aromatic carbocycles. The van der Waals surface area contributed by atoms with Crippen LogP contribution in [-0.2, 0) is 9.47 Å². The van der Waals surface area contributed by atoms with Crippen LogP contribution >= 0.6 is 0 Å². The topological polar surface area (TPSA) is 114 Å². The molecule has 0 aromatic heterocycles. The van der Waals surface area contributed by atoms with Gasteiger partial charge in [0.15, 0.2) is 0 Å². The number of aliphatic hydroxyl groups excluding tert-OH is 2. The Morgan fingerprint density at radius 2 is 1.74 bits per heavy atom. The summed E-state index contributed by atoms with van der Waals surface area (Å²) >= 11 is 0. The number of aliphatic hydroxyl groups is 2. The van der Waals surface area contributed by atoms with E-state index in [9.17, 15) is 15.0 Å². The van der Waals surface area contributed by atoms with Crippen molar-refractivity contribution in [1.29, 1.82) is 0 Å². The molecule has 0 radical (unpaired) electrons. The summed E-state index contributed by atoms with van der Waals surface area (Å²) in [4.78, 5) is 12.4. The summed E-state index contributed by atoms with van der Waals surface area (Å²) in [6.45, 7) is 15.8. The molecule has 39 heavy (non-hydrogen) atoms. The predicted octanol–water partition coefficient (Wildman–Crippen LogP) is 4.62. The lowest BCUT2D eigenvalue weighted by Crippen LogP contribution is -2.70. The lowest BCUT2D eigenvalue weighted by molar-refractivity contribution is -0.178. The highest BCUT2D eigenvalue weighted by Crippen LogP contribution is 2.87. The van der Waals surface area contributed by atoms with Crippen molar-refractivity contribution in [1.82, 2.24) is 5.32 Å². The quantitative estimate of drug-likeness (QED) is 0.409. The first-order valence-electron chi connectivity index (χ1n) is 16.0. The number of carbonyl (C=O) groups excluding carboxylic acids is 1. The van der Waals surface area contributed by atoms with E-state index >= 15 is 0 Å². The van der Waals surface area contributed by atoms with Gasteiger partial charge in [-0.15, -0.1) is 0 Å². The minimum Gasteiger partial charge on any atom is -0.443 e. The molecular formula is C32H54N2O5. The summed E-state index contributed by atoms with van der Waals surface area (Å²) < 4.78 is 12.7. The number of nitrogens with two attached hydrogens (primary N) is 1. The van der Waals surface area contributed by atoms with Crippen LogP contribution < -0.4 is 11.1 Å². The van der Waals surface area contributed by atoms with Gasteiger partial charge in [-0.25, -0.2) is 4.79 Å². The summed E-state index contributed by atoms with van der Waals surface area (Å²) in [6.07, 6.45) is 5.93.